The van der Waals surface area contributed by atoms with E-state index in [1.165, 1.54) is 31.2 Å². The summed E-state index contributed by atoms with van der Waals surface area (Å²) in [5.74, 6) is 0. The van der Waals surface area contributed by atoms with Crippen LogP contribution in [-0.2, 0) is 12.8 Å². The van der Waals surface area contributed by atoms with Gasteiger partial charge in [0.2, 0.25) is 0 Å². The second-order valence-electron chi connectivity index (χ2n) is 4.18. The second kappa shape index (κ2) is 4.52. The molecule has 0 saturated heterocycles. The first-order valence-electron chi connectivity index (χ1n) is 5.70. The lowest BCUT2D eigenvalue weighted by Gasteiger charge is -2.01. The molecule has 88 valence electrons. The van der Waals surface area contributed by atoms with Gasteiger partial charge in [0.25, 0.3) is 0 Å². The van der Waals surface area contributed by atoms with Gasteiger partial charge in [-0.05, 0) is 18.7 Å². The van der Waals surface area contributed by atoms with Crippen LogP contribution < -0.4 is 5.32 Å². The minimum atomic E-state index is 0.998. The maximum absolute atomic E-state index is 4.77. The highest BCUT2D eigenvalue weighted by Gasteiger charge is 2.24. The van der Waals surface area contributed by atoms with Gasteiger partial charge >= 0.3 is 0 Å². The SMILES string of the molecule is CNCCc1nc2c(s1)Cc1c(Br)cccc1-2. The van der Waals surface area contributed by atoms with E-state index in [4.69, 9.17) is 4.98 Å². The first kappa shape index (κ1) is 11.4. The highest BCUT2D eigenvalue weighted by Crippen LogP contribution is 2.42. The lowest BCUT2D eigenvalue weighted by atomic mass is 10.1. The van der Waals surface area contributed by atoms with Crippen molar-refractivity contribution in [1.82, 2.24) is 10.3 Å². The predicted molar refractivity (Wildman–Crippen MR) is 75.7 cm³/mol. The molecule has 1 heterocycles. The van der Waals surface area contributed by atoms with Crippen LogP contribution in [0.25, 0.3) is 11.3 Å². The molecule has 17 heavy (non-hydrogen) atoms. The molecule has 0 aliphatic heterocycles. The smallest absolute Gasteiger partial charge is 0.0948 e. The Morgan fingerprint density at radius 1 is 1.47 bits per heavy atom. The van der Waals surface area contributed by atoms with E-state index in [2.05, 4.69) is 39.4 Å². The van der Waals surface area contributed by atoms with Gasteiger partial charge in [0.1, 0.15) is 0 Å². The van der Waals surface area contributed by atoms with E-state index < -0.39 is 0 Å². The molecule has 1 N–H and O–H groups in total. The summed E-state index contributed by atoms with van der Waals surface area (Å²) in [5.41, 5.74) is 3.90. The lowest BCUT2D eigenvalue weighted by molar-refractivity contribution is 0.788. The number of nitrogens with zero attached hydrogens (tertiary/aromatic N) is 1. The molecule has 1 aliphatic rings. The van der Waals surface area contributed by atoms with Crippen molar-refractivity contribution in [3.05, 3.63) is 38.1 Å². The van der Waals surface area contributed by atoms with Crippen LogP contribution in [-0.4, -0.2) is 18.6 Å². The van der Waals surface area contributed by atoms with E-state index in [0.717, 1.165) is 19.4 Å². The van der Waals surface area contributed by atoms with Crippen molar-refractivity contribution < 1.29 is 0 Å². The number of nitrogens with one attached hydrogen (secondary N) is 1. The molecule has 1 aromatic carbocycles. The van der Waals surface area contributed by atoms with Crippen molar-refractivity contribution in [3.8, 4) is 11.3 Å². The number of benzene rings is 1. The molecule has 0 spiro atoms. The van der Waals surface area contributed by atoms with Gasteiger partial charge < -0.3 is 5.32 Å². The number of hydrogen-bond acceptors (Lipinski definition) is 3. The fraction of sp³-hybridized carbons (Fsp3) is 0.308. The number of halogens is 1. The largest absolute Gasteiger partial charge is 0.319 e. The Morgan fingerprint density at radius 3 is 3.18 bits per heavy atom. The van der Waals surface area contributed by atoms with Gasteiger partial charge in [0, 0.05) is 34.3 Å². The van der Waals surface area contributed by atoms with Crippen molar-refractivity contribution in [2.45, 2.75) is 12.8 Å². The maximum atomic E-state index is 4.77. The van der Waals surface area contributed by atoms with Crippen molar-refractivity contribution in [2.24, 2.45) is 0 Å². The highest BCUT2D eigenvalue weighted by atomic mass is 79.9. The van der Waals surface area contributed by atoms with E-state index in [9.17, 15) is 0 Å². The monoisotopic (exact) mass is 308 g/mol. The Balaban J connectivity index is 1.98. The van der Waals surface area contributed by atoms with Crippen LogP contribution in [0.4, 0.5) is 0 Å². The van der Waals surface area contributed by atoms with Crippen LogP contribution in [0.15, 0.2) is 22.7 Å². The number of thiazole rings is 1. The Kier molecular flexibility index (Phi) is 3.03. The number of fused-ring (bicyclic) bond motifs is 3. The molecule has 2 nitrogen and oxygen atoms in total. The van der Waals surface area contributed by atoms with E-state index >= 15 is 0 Å². The van der Waals surface area contributed by atoms with E-state index in [1.807, 2.05) is 18.4 Å². The Bertz CT molecular complexity index is 563. The third-order valence-corrected chi connectivity index (χ3v) is 4.90. The van der Waals surface area contributed by atoms with Crippen molar-refractivity contribution >= 4 is 27.3 Å². The topological polar surface area (TPSA) is 24.9 Å². The van der Waals surface area contributed by atoms with Crippen LogP contribution in [0.2, 0.25) is 0 Å². The average Bonchev–Trinajstić information content (AvgIpc) is 2.85. The molecule has 0 atom stereocenters. The number of rotatable bonds is 3. The highest BCUT2D eigenvalue weighted by molar-refractivity contribution is 9.10. The quantitative estimate of drug-likeness (QED) is 0.803. The van der Waals surface area contributed by atoms with Crippen LogP contribution in [0.5, 0.6) is 0 Å². The molecule has 2 aromatic rings. The van der Waals surface area contributed by atoms with Crippen molar-refractivity contribution in [2.75, 3.05) is 13.6 Å². The first-order valence-corrected chi connectivity index (χ1v) is 7.31. The number of aromatic nitrogens is 1. The molecule has 0 fully saturated rings. The molecule has 0 unspecified atom stereocenters. The van der Waals surface area contributed by atoms with Gasteiger partial charge in [-0.15, -0.1) is 11.3 Å². The number of hydrogen-bond donors (Lipinski definition) is 1. The van der Waals surface area contributed by atoms with Crippen LogP contribution in [0.3, 0.4) is 0 Å². The predicted octanol–water partition coefficient (Wildman–Crippen LogP) is 3.24. The zero-order chi connectivity index (χ0) is 11.8. The maximum Gasteiger partial charge on any atom is 0.0948 e. The van der Waals surface area contributed by atoms with Crippen molar-refractivity contribution in [3.63, 3.8) is 0 Å². The first-order chi connectivity index (χ1) is 8.29. The van der Waals surface area contributed by atoms with Gasteiger partial charge in [-0.25, -0.2) is 4.98 Å². The summed E-state index contributed by atoms with van der Waals surface area (Å²) in [6, 6.07) is 6.37. The van der Waals surface area contributed by atoms with Gasteiger partial charge in [0.05, 0.1) is 10.7 Å². The molecular formula is C13H13BrN2S. The van der Waals surface area contributed by atoms with E-state index in [0.29, 0.717) is 0 Å². The standard InChI is InChI=1S/C13H13BrN2S/c1-15-6-5-12-16-13-8-3-2-4-10(14)9(8)7-11(13)17-12/h2-4,15H,5-7H2,1H3. The van der Waals surface area contributed by atoms with Crippen LogP contribution in [0.1, 0.15) is 15.4 Å². The third kappa shape index (κ3) is 1.94. The van der Waals surface area contributed by atoms with Gasteiger partial charge in [-0.3, -0.25) is 0 Å². The zero-order valence-corrected chi connectivity index (χ0v) is 12.0. The summed E-state index contributed by atoms with van der Waals surface area (Å²) >= 11 is 5.47. The van der Waals surface area contributed by atoms with Gasteiger partial charge in [0.15, 0.2) is 0 Å². The zero-order valence-electron chi connectivity index (χ0n) is 9.59. The second-order valence-corrected chi connectivity index (χ2v) is 6.20. The van der Waals surface area contributed by atoms with Crippen LogP contribution in [0, 0.1) is 0 Å². The minimum absolute atomic E-state index is 0.998. The summed E-state index contributed by atoms with van der Waals surface area (Å²) < 4.78 is 1.21. The Hall–Kier alpha value is -0.710. The van der Waals surface area contributed by atoms with E-state index in [1.54, 1.807) is 0 Å². The molecule has 1 aromatic heterocycles. The fourth-order valence-corrected chi connectivity index (χ4v) is 3.79. The summed E-state index contributed by atoms with van der Waals surface area (Å²) in [6.45, 7) is 0.998. The molecular weight excluding hydrogens is 296 g/mol. The molecule has 1 aliphatic carbocycles. The summed E-state index contributed by atoms with van der Waals surface area (Å²) in [5, 5.41) is 4.41. The lowest BCUT2D eigenvalue weighted by Crippen LogP contribution is -2.10. The normalized spacial score (nSPS) is 12.6. The van der Waals surface area contributed by atoms with Gasteiger partial charge in [-0.1, -0.05) is 28.1 Å². The molecule has 3 rings (SSSR count). The van der Waals surface area contributed by atoms with Gasteiger partial charge in [-0.2, -0.15) is 0 Å². The van der Waals surface area contributed by atoms with Crippen molar-refractivity contribution in [1.29, 1.82) is 0 Å². The summed E-state index contributed by atoms with van der Waals surface area (Å²) in [7, 11) is 1.98. The Labute approximate surface area is 113 Å². The molecule has 0 amide bonds. The molecule has 4 heteroatoms. The molecule has 0 radical (unpaired) electrons. The average molecular weight is 309 g/mol. The molecule has 0 saturated carbocycles. The fourth-order valence-electron chi connectivity index (χ4n) is 2.19. The Morgan fingerprint density at radius 2 is 2.35 bits per heavy atom. The summed E-state index contributed by atoms with van der Waals surface area (Å²) in [6.07, 6.45) is 2.06. The molecule has 0 bridgehead atoms. The van der Waals surface area contributed by atoms with Crippen LogP contribution >= 0.6 is 27.3 Å². The summed E-state index contributed by atoms with van der Waals surface area (Å²) in [4.78, 5) is 6.18. The van der Waals surface area contributed by atoms with E-state index in [-0.39, 0.29) is 0 Å². The number of likely N-dealkylation sites (N-methyl/N-ethyl adjacent to an activating group) is 1. The third-order valence-electron chi connectivity index (χ3n) is 3.04. The minimum Gasteiger partial charge on any atom is -0.319 e.